The first-order valence-electron chi connectivity index (χ1n) is 7.10. The van der Waals surface area contributed by atoms with Crippen LogP contribution in [0.25, 0.3) is 0 Å². The summed E-state index contributed by atoms with van der Waals surface area (Å²) in [4.78, 5) is 24.9. The first-order chi connectivity index (χ1) is 9.04. The lowest BCUT2D eigenvalue weighted by Crippen LogP contribution is -2.45. The molecule has 1 saturated carbocycles. The second-order valence-corrected chi connectivity index (χ2v) is 5.18. The molecular weight excluding hydrogens is 246 g/mol. The molecule has 0 bridgehead atoms. The number of hydrogen-bond acceptors (Lipinski definition) is 5. The maximum atomic E-state index is 11.8. The normalized spacial score (nSPS) is 23.4. The maximum absolute atomic E-state index is 11.8. The van der Waals surface area contributed by atoms with Gasteiger partial charge in [0.25, 0.3) is 0 Å². The van der Waals surface area contributed by atoms with Gasteiger partial charge in [-0.2, -0.15) is 0 Å². The zero-order valence-corrected chi connectivity index (χ0v) is 11.9. The van der Waals surface area contributed by atoms with Crippen LogP contribution in [-0.2, 0) is 14.3 Å². The second kappa shape index (κ2) is 8.27. The van der Waals surface area contributed by atoms with Crippen LogP contribution in [0.1, 0.15) is 45.4 Å². The standard InChI is InChI=1S/C14H25NO4/c1-3-19-14(18)9-8-11(16)10-15(2)12-6-4-5-7-13(12)17/h12-13,17H,3-10H2,1-2H3. The predicted octanol–water partition coefficient (Wildman–Crippen LogP) is 1.13. The summed E-state index contributed by atoms with van der Waals surface area (Å²) in [6.45, 7) is 2.39. The number of esters is 1. The summed E-state index contributed by atoms with van der Waals surface area (Å²) in [5, 5.41) is 9.91. The molecule has 0 heterocycles. The van der Waals surface area contributed by atoms with Crippen LogP contribution in [0.2, 0.25) is 0 Å². The number of ketones is 1. The highest BCUT2D eigenvalue weighted by Gasteiger charge is 2.27. The van der Waals surface area contributed by atoms with Crippen LogP contribution in [0.4, 0.5) is 0 Å². The number of carbonyl (C=O) groups is 2. The number of ether oxygens (including phenoxy) is 1. The number of nitrogens with zero attached hydrogens (tertiary/aromatic N) is 1. The van der Waals surface area contributed by atoms with E-state index in [1.807, 2.05) is 11.9 Å². The maximum Gasteiger partial charge on any atom is 0.306 e. The average Bonchev–Trinajstić information content (AvgIpc) is 2.37. The molecule has 0 radical (unpaired) electrons. The summed E-state index contributed by atoms with van der Waals surface area (Å²) in [6, 6.07) is 0.0697. The Morgan fingerprint density at radius 1 is 1.26 bits per heavy atom. The molecule has 2 atom stereocenters. The van der Waals surface area contributed by atoms with E-state index in [-0.39, 0.29) is 36.7 Å². The van der Waals surface area contributed by atoms with E-state index in [2.05, 4.69) is 0 Å². The minimum atomic E-state index is -0.336. The monoisotopic (exact) mass is 271 g/mol. The van der Waals surface area contributed by atoms with Crippen LogP contribution >= 0.6 is 0 Å². The second-order valence-electron chi connectivity index (χ2n) is 5.18. The van der Waals surface area contributed by atoms with Gasteiger partial charge in [-0.3, -0.25) is 14.5 Å². The summed E-state index contributed by atoms with van der Waals surface area (Å²) in [5.74, 6) is -0.301. The molecule has 1 aliphatic carbocycles. The van der Waals surface area contributed by atoms with Crippen molar-refractivity contribution in [1.29, 1.82) is 0 Å². The predicted molar refractivity (Wildman–Crippen MR) is 71.8 cm³/mol. The molecule has 0 aromatic carbocycles. The molecule has 19 heavy (non-hydrogen) atoms. The van der Waals surface area contributed by atoms with Gasteiger partial charge in [0.15, 0.2) is 0 Å². The number of aliphatic hydroxyl groups excluding tert-OH is 1. The Morgan fingerprint density at radius 2 is 1.95 bits per heavy atom. The lowest BCUT2D eigenvalue weighted by molar-refractivity contribution is -0.144. The largest absolute Gasteiger partial charge is 0.466 e. The van der Waals surface area contributed by atoms with Crippen LogP contribution in [0, 0.1) is 0 Å². The third kappa shape index (κ3) is 5.70. The molecule has 0 aromatic rings. The minimum absolute atomic E-state index is 0.0216. The Kier molecular flexibility index (Phi) is 7.02. The highest BCUT2D eigenvalue weighted by atomic mass is 16.5. The quantitative estimate of drug-likeness (QED) is 0.703. The third-order valence-corrected chi connectivity index (χ3v) is 3.60. The lowest BCUT2D eigenvalue weighted by Gasteiger charge is -2.34. The van der Waals surface area contributed by atoms with Crippen LogP contribution in [0.5, 0.6) is 0 Å². The Labute approximate surface area is 114 Å². The summed E-state index contributed by atoms with van der Waals surface area (Å²) < 4.78 is 4.79. The first-order valence-corrected chi connectivity index (χ1v) is 7.10. The molecule has 1 aliphatic rings. The van der Waals surface area contributed by atoms with Crippen molar-refractivity contribution in [2.45, 2.75) is 57.6 Å². The molecule has 0 amide bonds. The fraction of sp³-hybridized carbons (Fsp3) is 0.857. The number of Topliss-reactive ketones (excluding diaryl/α,β-unsaturated/α-hetero) is 1. The summed E-state index contributed by atoms with van der Waals surface area (Å²) in [7, 11) is 1.86. The van der Waals surface area contributed by atoms with Gasteiger partial charge in [-0.1, -0.05) is 12.8 Å². The van der Waals surface area contributed by atoms with E-state index < -0.39 is 0 Å². The van der Waals surface area contributed by atoms with E-state index in [4.69, 9.17) is 4.74 Å². The van der Waals surface area contributed by atoms with Crippen molar-refractivity contribution in [2.24, 2.45) is 0 Å². The van der Waals surface area contributed by atoms with E-state index in [1.54, 1.807) is 6.92 Å². The van der Waals surface area contributed by atoms with Crippen LogP contribution < -0.4 is 0 Å². The number of hydrogen-bond donors (Lipinski definition) is 1. The molecule has 0 spiro atoms. The van der Waals surface area contributed by atoms with Crippen molar-refractivity contribution in [2.75, 3.05) is 20.2 Å². The van der Waals surface area contributed by atoms with Crippen molar-refractivity contribution >= 4 is 11.8 Å². The van der Waals surface area contributed by atoms with Gasteiger partial charge in [-0.05, 0) is 26.8 Å². The van der Waals surface area contributed by atoms with Gasteiger partial charge in [-0.15, -0.1) is 0 Å². The van der Waals surface area contributed by atoms with E-state index in [1.165, 1.54) is 0 Å². The third-order valence-electron chi connectivity index (χ3n) is 3.60. The molecule has 5 heteroatoms. The van der Waals surface area contributed by atoms with Gasteiger partial charge in [0.2, 0.25) is 0 Å². The number of aliphatic hydroxyl groups is 1. The van der Waals surface area contributed by atoms with Crippen molar-refractivity contribution in [3.8, 4) is 0 Å². The van der Waals surface area contributed by atoms with Crippen molar-refractivity contribution in [3.05, 3.63) is 0 Å². The fourth-order valence-corrected chi connectivity index (χ4v) is 2.55. The van der Waals surface area contributed by atoms with E-state index in [0.29, 0.717) is 13.2 Å². The highest BCUT2D eigenvalue weighted by Crippen LogP contribution is 2.22. The molecule has 0 saturated heterocycles. The number of rotatable bonds is 7. The average molecular weight is 271 g/mol. The van der Waals surface area contributed by atoms with Gasteiger partial charge in [0.1, 0.15) is 5.78 Å². The smallest absolute Gasteiger partial charge is 0.306 e. The summed E-state index contributed by atoms with van der Waals surface area (Å²) in [6.07, 6.45) is 3.93. The Bertz CT molecular complexity index is 306. The molecule has 1 N–H and O–H groups in total. The van der Waals surface area contributed by atoms with E-state index in [9.17, 15) is 14.7 Å². The van der Waals surface area contributed by atoms with Gasteiger partial charge >= 0.3 is 5.97 Å². The van der Waals surface area contributed by atoms with E-state index >= 15 is 0 Å². The number of likely N-dealkylation sites (N-methyl/N-ethyl adjacent to an activating group) is 1. The Balaban J connectivity index is 2.28. The van der Waals surface area contributed by atoms with Crippen molar-refractivity contribution in [3.63, 3.8) is 0 Å². The highest BCUT2D eigenvalue weighted by molar-refractivity contribution is 5.84. The SMILES string of the molecule is CCOC(=O)CCC(=O)CN(C)C1CCCCC1O. The molecule has 110 valence electrons. The minimum Gasteiger partial charge on any atom is -0.466 e. The molecule has 1 fully saturated rings. The zero-order valence-electron chi connectivity index (χ0n) is 11.9. The van der Waals surface area contributed by atoms with Gasteiger partial charge < -0.3 is 9.84 Å². The molecule has 2 unspecified atom stereocenters. The topological polar surface area (TPSA) is 66.8 Å². The zero-order chi connectivity index (χ0) is 14.3. The first kappa shape index (κ1) is 16.1. The molecular formula is C14H25NO4. The van der Waals surface area contributed by atoms with Crippen molar-refractivity contribution in [1.82, 2.24) is 4.90 Å². The molecule has 1 rings (SSSR count). The molecule has 0 aromatic heterocycles. The fourth-order valence-electron chi connectivity index (χ4n) is 2.55. The van der Waals surface area contributed by atoms with Crippen LogP contribution in [-0.4, -0.2) is 54.1 Å². The van der Waals surface area contributed by atoms with Crippen LogP contribution in [0.3, 0.4) is 0 Å². The molecule has 5 nitrogen and oxygen atoms in total. The lowest BCUT2D eigenvalue weighted by atomic mass is 9.91. The molecule has 0 aliphatic heterocycles. The van der Waals surface area contributed by atoms with Gasteiger partial charge in [0, 0.05) is 12.5 Å². The summed E-state index contributed by atoms with van der Waals surface area (Å²) in [5.41, 5.74) is 0. The van der Waals surface area contributed by atoms with Gasteiger partial charge in [-0.25, -0.2) is 0 Å². The number of carbonyl (C=O) groups excluding carboxylic acids is 2. The Hall–Kier alpha value is -0.940. The van der Waals surface area contributed by atoms with Crippen LogP contribution in [0.15, 0.2) is 0 Å². The van der Waals surface area contributed by atoms with Crippen molar-refractivity contribution < 1.29 is 19.4 Å². The summed E-state index contributed by atoms with van der Waals surface area (Å²) >= 11 is 0. The van der Waals surface area contributed by atoms with E-state index in [0.717, 1.165) is 25.7 Å². The van der Waals surface area contributed by atoms with Gasteiger partial charge in [0.05, 0.1) is 25.7 Å². The Morgan fingerprint density at radius 3 is 2.58 bits per heavy atom.